The number of methoxy groups -OCH3 is 1. The molecule has 0 atom stereocenters. The average Bonchev–Trinajstić information content (AvgIpc) is 3.55. The first-order chi connectivity index (χ1) is 18.1. The van der Waals surface area contributed by atoms with Crippen molar-refractivity contribution < 1.29 is 9.13 Å². The summed E-state index contributed by atoms with van der Waals surface area (Å²) in [5, 5.41) is 11.8. The second kappa shape index (κ2) is 9.44. The van der Waals surface area contributed by atoms with Crippen molar-refractivity contribution in [1.29, 1.82) is 0 Å². The Morgan fingerprint density at radius 3 is 2.81 bits per heavy atom. The molecule has 5 aromatic heterocycles. The minimum atomic E-state index is -0.367. The molecule has 0 aliphatic carbocycles. The first kappa shape index (κ1) is 22.8. The lowest BCUT2D eigenvalue weighted by atomic mass is 10.0. The lowest BCUT2D eigenvalue weighted by molar-refractivity contribution is 0.411. The molecule has 6 rings (SSSR count). The number of pyridine rings is 3. The van der Waals surface area contributed by atoms with Crippen molar-refractivity contribution in [2.75, 3.05) is 13.7 Å². The lowest BCUT2D eigenvalue weighted by Crippen LogP contribution is -2.11. The summed E-state index contributed by atoms with van der Waals surface area (Å²) in [6, 6.07) is 14.5. The maximum Gasteiger partial charge on any atom is 0.138 e. The highest BCUT2D eigenvalue weighted by Gasteiger charge is 2.17. The molecule has 5 heterocycles. The Labute approximate surface area is 212 Å². The minimum Gasteiger partial charge on any atom is -0.497 e. The predicted octanol–water partition coefficient (Wildman–Crippen LogP) is 5.49. The summed E-state index contributed by atoms with van der Waals surface area (Å²) in [6.45, 7) is 3.71. The molecular weight excluding hydrogens is 469 g/mol. The number of nitrogens with zero attached hydrogens (tertiary/aromatic N) is 4. The van der Waals surface area contributed by atoms with Crippen molar-refractivity contribution in [3.05, 3.63) is 78.5 Å². The monoisotopic (exact) mass is 493 g/mol. The van der Waals surface area contributed by atoms with E-state index in [0.29, 0.717) is 22.7 Å². The summed E-state index contributed by atoms with van der Waals surface area (Å²) in [5.74, 6) is 0.0870. The largest absolute Gasteiger partial charge is 0.497 e. The highest BCUT2D eigenvalue weighted by atomic mass is 19.1. The molecule has 6 aromatic rings. The number of halogens is 1. The molecule has 184 valence electrons. The van der Waals surface area contributed by atoms with E-state index in [-0.39, 0.29) is 5.82 Å². The zero-order valence-electron chi connectivity index (χ0n) is 20.3. The molecule has 0 aliphatic rings. The molecule has 8 nitrogen and oxygen atoms in total. The van der Waals surface area contributed by atoms with E-state index in [0.717, 1.165) is 57.6 Å². The van der Waals surface area contributed by atoms with E-state index in [1.54, 1.807) is 12.3 Å². The highest BCUT2D eigenvalue weighted by Crippen LogP contribution is 2.35. The Morgan fingerprint density at radius 2 is 1.95 bits per heavy atom. The zero-order chi connectivity index (χ0) is 25.4. The van der Waals surface area contributed by atoms with Crippen molar-refractivity contribution >= 4 is 22.1 Å². The molecule has 37 heavy (non-hydrogen) atoms. The minimum absolute atomic E-state index is 0.367. The summed E-state index contributed by atoms with van der Waals surface area (Å²) < 4.78 is 19.5. The van der Waals surface area contributed by atoms with E-state index in [1.165, 1.54) is 19.2 Å². The van der Waals surface area contributed by atoms with Gasteiger partial charge in [-0.25, -0.2) is 14.4 Å². The van der Waals surface area contributed by atoms with Crippen LogP contribution in [-0.2, 0) is 6.54 Å². The van der Waals surface area contributed by atoms with Crippen molar-refractivity contribution in [1.82, 2.24) is 35.5 Å². The second-order valence-electron chi connectivity index (χ2n) is 8.71. The molecule has 0 unspecified atom stereocenters. The third kappa shape index (κ3) is 4.30. The van der Waals surface area contributed by atoms with Gasteiger partial charge in [-0.2, -0.15) is 5.10 Å². The van der Waals surface area contributed by atoms with E-state index in [2.05, 4.69) is 43.5 Å². The smallest absolute Gasteiger partial charge is 0.138 e. The van der Waals surface area contributed by atoms with Gasteiger partial charge in [0, 0.05) is 42.2 Å². The summed E-state index contributed by atoms with van der Waals surface area (Å²) in [4.78, 5) is 17.2. The third-order valence-electron chi connectivity index (χ3n) is 6.28. The summed E-state index contributed by atoms with van der Waals surface area (Å²) >= 11 is 0. The number of hydrogen-bond donors (Lipinski definition) is 3. The van der Waals surface area contributed by atoms with Crippen molar-refractivity contribution in [2.45, 2.75) is 13.5 Å². The van der Waals surface area contributed by atoms with Gasteiger partial charge in [-0.05, 0) is 65.7 Å². The topological polar surface area (TPSA) is 104 Å². The molecule has 0 spiro atoms. The Hall–Kier alpha value is -4.63. The van der Waals surface area contributed by atoms with Crippen LogP contribution in [0.2, 0.25) is 0 Å². The van der Waals surface area contributed by atoms with Crippen LogP contribution < -0.4 is 10.1 Å². The van der Waals surface area contributed by atoms with E-state index < -0.39 is 0 Å². The fourth-order valence-electron chi connectivity index (χ4n) is 4.48. The Kier molecular flexibility index (Phi) is 5.82. The van der Waals surface area contributed by atoms with Gasteiger partial charge in [0.1, 0.15) is 28.4 Å². The number of hydrogen-bond acceptors (Lipinski definition) is 6. The average molecular weight is 494 g/mol. The number of aromatic nitrogens is 6. The molecule has 0 aliphatic heterocycles. The SMILES string of the molecule is CCNCc1cncc(-c2ccc3[nH]nc(-c4cc5c(-c6cc(F)cc(OC)c6)ccnc5[nH]4)c3n2)c1. The Balaban J connectivity index is 1.43. The normalized spacial score (nSPS) is 11.4. The molecular formula is C28H24FN7O. The van der Waals surface area contributed by atoms with Crippen LogP contribution in [0.25, 0.3) is 55.8 Å². The lowest BCUT2D eigenvalue weighted by Gasteiger charge is -2.06. The number of aromatic amines is 2. The summed E-state index contributed by atoms with van der Waals surface area (Å²) in [6.07, 6.45) is 5.37. The van der Waals surface area contributed by atoms with Crippen molar-refractivity contribution in [3.8, 4) is 39.5 Å². The van der Waals surface area contributed by atoms with Crippen LogP contribution in [0, 0.1) is 5.82 Å². The number of benzene rings is 1. The molecule has 0 radical (unpaired) electrons. The van der Waals surface area contributed by atoms with Gasteiger partial charge in [-0.3, -0.25) is 10.1 Å². The maximum absolute atomic E-state index is 14.2. The van der Waals surface area contributed by atoms with Crippen molar-refractivity contribution in [2.24, 2.45) is 0 Å². The second-order valence-corrected chi connectivity index (χ2v) is 8.71. The van der Waals surface area contributed by atoms with E-state index >= 15 is 0 Å². The van der Waals surface area contributed by atoms with E-state index in [4.69, 9.17) is 9.72 Å². The number of ether oxygens (including phenoxy) is 1. The quantitative estimate of drug-likeness (QED) is 0.272. The van der Waals surface area contributed by atoms with Crippen molar-refractivity contribution in [3.63, 3.8) is 0 Å². The molecule has 0 amide bonds. The van der Waals surface area contributed by atoms with Crippen LogP contribution in [0.5, 0.6) is 5.75 Å². The first-order valence-corrected chi connectivity index (χ1v) is 12.0. The first-order valence-electron chi connectivity index (χ1n) is 12.0. The van der Waals surface area contributed by atoms with Crippen LogP contribution in [-0.4, -0.2) is 43.8 Å². The standard InChI is InChI=1S/C28H24FN7O/c1-3-30-13-16-8-18(15-31-14-16)23-4-5-24-26(33-23)27(36-35-24)25-12-22-21(6-7-32-28(22)34-25)17-9-19(29)11-20(10-17)37-2/h4-12,14-15,30H,3,13H2,1-2H3,(H,32,34)(H,35,36). The predicted molar refractivity (Wildman–Crippen MR) is 142 cm³/mol. The molecule has 9 heteroatoms. The maximum atomic E-state index is 14.2. The van der Waals surface area contributed by atoms with Gasteiger partial charge in [-0.15, -0.1) is 0 Å². The van der Waals surface area contributed by atoms with E-state index in [9.17, 15) is 4.39 Å². The number of fused-ring (bicyclic) bond motifs is 2. The van der Waals surface area contributed by atoms with Crippen LogP contribution in [0.4, 0.5) is 4.39 Å². The van der Waals surface area contributed by atoms with Gasteiger partial charge in [0.05, 0.1) is 24.0 Å². The Morgan fingerprint density at radius 1 is 1.03 bits per heavy atom. The van der Waals surface area contributed by atoms with Gasteiger partial charge in [0.2, 0.25) is 0 Å². The molecule has 0 saturated carbocycles. The fourth-order valence-corrected chi connectivity index (χ4v) is 4.48. The van der Waals surface area contributed by atoms with Gasteiger partial charge in [0.15, 0.2) is 0 Å². The van der Waals surface area contributed by atoms with Gasteiger partial charge < -0.3 is 15.0 Å². The highest BCUT2D eigenvalue weighted by molar-refractivity contribution is 5.99. The van der Waals surface area contributed by atoms with Gasteiger partial charge in [-0.1, -0.05) is 6.92 Å². The van der Waals surface area contributed by atoms with Crippen LogP contribution in [0.1, 0.15) is 12.5 Å². The number of nitrogens with one attached hydrogen (secondary N) is 3. The fraction of sp³-hybridized carbons (Fsp3) is 0.143. The van der Waals surface area contributed by atoms with Gasteiger partial charge >= 0.3 is 0 Å². The van der Waals surface area contributed by atoms with Crippen LogP contribution >= 0.6 is 0 Å². The number of rotatable bonds is 7. The Bertz CT molecular complexity index is 1740. The molecule has 3 N–H and O–H groups in total. The van der Waals surface area contributed by atoms with Crippen LogP contribution in [0.15, 0.2) is 67.1 Å². The number of H-pyrrole nitrogens is 2. The summed E-state index contributed by atoms with van der Waals surface area (Å²) in [7, 11) is 1.52. The third-order valence-corrected chi connectivity index (χ3v) is 6.28. The van der Waals surface area contributed by atoms with Gasteiger partial charge in [0.25, 0.3) is 0 Å². The zero-order valence-corrected chi connectivity index (χ0v) is 20.3. The van der Waals surface area contributed by atoms with Crippen LogP contribution in [0.3, 0.4) is 0 Å². The van der Waals surface area contributed by atoms with E-state index in [1.807, 2.05) is 36.7 Å². The molecule has 0 bridgehead atoms. The molecule has 1 aromatic carbocycles. The molecule has 0 fully saturated rings. The summed E-state index contributed by atoms with van der Waals surface area (Å²) in [5.41, 5.74) is 8.03. The molecule has 0 saturated heterocycles.